The van der Waals surface area contributed by atoms with Gasteiger partial charge in [-0.05, 0) is 32.5 Å². The van der Waals surface area contributed by atoms with Gasteiger partial charge in [-0.25, -0.2) is 16.8 Å². The normalized spacial score (nSPS) is 18.7. The van der Waals surface area contributed by atoms with Crippen molar-refractivity contribution in [3.63, 3.8) is 0 Å². The molecular weight excluding hydrogens is 485 g/mol. The van der Waals surface area contributed by atoms with Crippen molar-refractivity contribution in [3.05, 3.63) is 60.0 Å². The van der Waals surface area contributed by atoms with Crippen LogP contribution in [0.15, 0.2) is 48.8 Å². The van der Waals surface area contributed by atoms with Crippen LogP contribution < -0.4 is 10.1 Å². The van der Waals surface area contributed by atoms with Crippen molar-refractivity contribution in [3.8, 4) is 5.88 Å². The fourth-order valence-electron chi connectivity index (χ4n) is 4.50. The van der Waals surface area contributed by atoms with Gasteiger partial charge in [0.1, 0.15) is 6.17 Å². The zero-order valence-corrected chi connectivity index (χ0v) is 21.1. The van der Waals surface area contributed by atoms with Gasteiger partial charge in [-0.15, -0.1) is 0 Å². The van der Waals surface area contributed by atoms with Crippen LogP contribution >= 0.6 is 0 Å². The smallest absolute Gasteiger partial charge is 0.244 e. The molecule has 1 aliphatic rings. The quantitative estimate of drug-likeness (QED) is 0.383. The number of nitrogens with one attached hydrogen (secondary N) is 1. The maximum absolute atomic E-state index is 14.5. The molecule has 2 atom stereocenters. The number of nitrogens with zero attached hydrogens (tertiary/aromatic N) is 6. The number of hydrogen-bond donors (Lipinski definition) is 1. The number of likely N-dealkylation sites (tertiary alicyclic amines) is 1. The van der Waals surface area contributed by atoms with Gasteiger partial charge in [0.05, 0.1) is 41.4 Å². The van der Waals surface area contributed by atoms with Crippen LogP contribution in [0.4, 0.5) is 16.0 Å². The number of alkyl halides is 1. The standard InChI is InChI=1S/C24H28FN7O3S/c1-4-35-23-18-10-11-31(36(33,34)15-17-8-6-5-7-9-17)22(18)28-24(29-23)27-20-12-26-32(16(20)2)21-14-30(3)13-19(21)25/h5-12,19,21H,4,13-15H2,1-3H3,(H,27,28,29). The van der Waals surface area contributed by atoms with Gasteiger partial charge < -0.3 is 15.0 Å². The van der Waals surface area contributed by atoms with Crippen molar-refractivity contribution in [1.82, 2.24) is 28.6 Å². The molecule has 0 saturated carbocycles. The Hall–Kier alpha value is -3.51. The highest BCUT2D eigenvalue weighted by atomic mass is 32.2. The molecule has 2 unspecified atom stereocenters. The number of rotatable bonds is 8. The predicted octanol–water partition coefficient (Wildman–Crippen LogP) is 3.28. The average Bonchev–Trinajstić information content (AvgIpc) is 3.52. The Morgan fingerprint density at radius 1 is 1.17 bits per heavy atom. The summed E-state index contributed by atoms with van der Waals surface area (Å²) in [6.45, 7) is 4.93. The van der Waals surface area contributed by atoms with Gasteiger partial charge in [0.25, 0.3) is 0 Å². The summed E-state index contributed by atoms with van der Waals surface area (Å²) in [5.74, 6) is 0.245. The first-order valence-corrected chi connectivity index (χ1v) is 13.3. The Morgan fingerprint density at radius 3 is 2.64 bits per heavy atom. The number of hydrogen-bond acceptors (Lipinski definition) is 8. The van der Waals surface area contributed by atoms with Gasteiger partial charge in [-0.2, -0.15) is 15.1 Å². The van der Waals surface area contributed by atoms with E-state index in [1.54, 1.807) is 41.2 Å². The summed E-state index contributed by atoms with van der Waals surface area (Å²) in [5.41, 5.74) is 2.21. The third-order valence-electron chi connectivity index (χ3n) is 6.26. The summed E-state index contributed by atoms with van der Waals surface area (Å²) < 4.78 is 49.6. The zero-order chi connectivity index (χ0) is 25.4. The average molecular weight is 514 g/mol. The van der Waals surface area contributed by atoms with Crippen molar-refractivity contribution in [2.45, 2.75) is 31.8 Å². The summed E-state index contributed by atoms with van der Waals surface area (Å²) in [4.78, 5) is 10.9. The predicted molar refractivity (Wildman–Crippen MR) is 135 cm³/mol. The Balaban J connectivity index is 1.51. The van der Waals surface area contributed by atoms with E-state index in [1.807, 2.05) is 31.9 Å². The third kappa shape index (κ3) is 4.53. The molecule has 1 aromatic carbocycles. The highest BCUT2D eigenvalue weighted by Gasteiger charge is 2.34. The number of likely N-dealkylation sites (N-methyl/N-ethyl adjacent to an activating group) is 1. The molecule has 0 aliphatic carbocycles. The lowest BCUT2D eigenvalue weighted by Gasteiger charge is -2.15. The molecule has 36 heavy (non-hydrogen) atoms. The van der Waals surface area contributed by atoms with Gasteiger partial charge in [-0.1, -0.05) is 30.3 Å². The van der Waals surface area contributed by atoms with Crippen molar-refractivity contribution in [2.24, 2.45) is 0 Å². The van der Waals surface area contributed by atoms with E-state index in [1.165, 1.54) is 6.20 Å². The molecule has 1 saturated heterocycles. The molecule has 4 aromatic rings. The molecule has 1 N–H and O–H groups in total. The van der Waals surface area contributed by atoms with Gasteiger partial charge in [0.2, 0.25) is 21.9 Å². The molecule has 10 nitrogen and oxygen atoms in total. The molecular formula is C24H28FN7O3S. The van der Waals surface area contributed by atoms with Crippen LogP contribution in [0.25, 0.3) is 11.0 Å². The number of aromatic nitrogens is 5. The molecule has 0 amide bonds. The second-order valence-electron chi connectivity index (χ2n) is 8.89. The summed E-state index contributed by atoms with van der Waals surface area (Å²) in [5, 5.41) is 8.00. The van der Waals surface area contributed by atoms with E-state index in [2.05, 4.69) is 20.4 Å². The van der Waals surface area contributed by atoms with Crippen LogP contribution in [0.3, 0.4) is 0 Å². The molecule has 12 heteroatoms. The maximum atomic E-state index is 14.5. The summed E-state index contributed by atoms with van der Waals surface area (Å²) in [7, 11) is -1.89. The van der Waals surface area contributed by atoms with Crippen LogP contribution in [-0.4, -0.2) is 70.0 Å². The lowest BCUT2D eigenvalue weighted by atomic mass is 10.2. The van der Waals surface area contributed by atoms with E-state index in [-0.39, 0.29) is 29.3 Å². The highest BCUT2D eigenvalue weighted by Crippen LogP contribution is 2.31. The Labute approximate surface area is 208 Å². The third-order valence-corrected chi connectivity index (χ3v) is 7.85. The van der Waals surface area contributed by atoms with Gasteiger partial charge in [0.15, 0.2) is 5.65 Å². The van der Waals surface area contributed by atoms with Gasteiger partial charge in [0, 0.05) is 19.3 Å². The molecule has 190 valence electrons. The van der Waals surface area contributed by atoms with E-state index in [0.29, 0.717) is 36.3 Å². The fourth-order valence-corrected chi connectivity index (χ4v) is 5.91. The molecule has 0 radical (unpaired) electrons. The lowest BCUT2D eigenvalue weighted by Crippen LogP contribution is -2.21. The Morgan fingerprint density at radius 2 is 1.94 bits per heavy atom. The first-order chi connectivity index (χ1) is 17.3. The SMILES string of the molecule is CCOc1nc(Nc2cnn(C3CN(C)CC3F)c2C)nc2c1ccn2S(=O)(=O)Cc1ccccc1. The fraction of sp³-hybridized carbons (Fsp3) is 0.375. The van der Waals surface area contributed by atoms with Crippen molar-refractivity contribution in [2.75, 3.05) is 32.1 Å². The second kappa shape index (κ2) is 9.51. The molecule has 4 heterocycles. The monoisotopic (exact) mass is 513 g/mol. The van der Waals surface area contributed by atoms with Crippen LogP contribution in [0.1, 0.15) is 24.2 Å². The largest absolute Gasteiger partial charge is 0.477 e. The number of anilines is 2. The molecule has 0 bridgehead atoms. The van der Waals surface area contributed by atoms with E-state index in [9.17, 15) is 12.8 Å². The molecule has 0 spiro atoms. The second-order valence-corrected chi connectivity index (χ2v) is 10.7. The minimum atomic E-state index is -3.76. The number of benzene rings is 1. The van der Waals surface area contributed by atoms with Gasteiger partial charge in [-0.3, -0.25) is 4.68 Å². The molecule has 1 aliphatic heterocycles. The van der Waals surface area contributed by atoms with E-state index in [4.69, 9.17) is 4.74 Å². The number of fused-ring (bicyclic) bond motifs is 1. The number of ether oxygens (including phenoxy) is 1. The van der Waals surface area contributed by atoms with Crippen LogP contribution in [0.5, 0.6) is 5.88 Å². The zero-order valence-electron chi connectivity index (χ0n) is 20.3. The van der Waals surface area contributed by atoms with Crippen molar-refractivity contribution < 1.29 is 17.5 Å². The summed E-state index contributed by atoms with van der Waals surface area (Å²) in [6.07, 6.45) is 2.04. The topological polar surface area (TPSA) is 107 Å². The van der Waals surface area contributed by atoms with Crippen molar-refractivity contribution >= 4 is 32.7 Å². The van der Waals surface area contributed by atoms with Gasteiger partial charge >= 0.3 is 0 Å². The maximum Gasteiger partial charge on any atom is 0.244 e. The minimum absolute atomic E-state index is 0.156. The Bertz CT molecular complexity index is 1490. The lowest BCUT2D eigenvalue weighted by molar-refractivity contribution is 0.265. The summed E-state index contributed by atoms with van der Waals surface area (Å²) >= 11 is 0. The number of halogens is 1. The first-order valence-electron chi connectivity index (χ1n) is 11.7. The van der Waals surface area contributed by atoms with Crippen molar-refractivity contribution in [1.29, 1.82) is 0 Å². The van der Waals surface area contributed by atoms with E-state index >= 15 is 0 Å². The summed E-state index contributed by atoms with van der Waals surface area (Å²) in [6, 6.07) is 10.2. The molecule has 1 fully saturated rings. The highest BCUT2D eigenvalue weighted by molar-refractivity contribution is 7.89. The van der Waals surface area contributed by atoms with E-state index < -0.39 is 16.2 Å². The van der Waals surface area contributed by atoms with Crippen LogP contribution in [-0.2, 0) is 15.8 Å². The van der Waals surface area contributed by atoms with Crippen LogP contribution in [0.2, 0.25) is 0 Å². The first kappa shape index (κ1) is 24.2. The molecule has 3 aromatic heterocycles. The van der Waals surface area contributed by atoms with E-state index in [0.717, 1.165) is 9.67 Å². The molecule has 5 rings (SSSR count). The Kier molecular flexibility index (Phi) is 6.39. The minimum Gasteiger partial charge on any atom is -0.477 e. The van der Waals surface area contributed by atoms with Crippen LogP contribution in [0, 0.1) is 6.92 Å².